The predicted molar refractivity (Wildman–Crippen MR) is 132 cm³/mol. The Kier molecular flexibility index (Phi) is 9.49. The van der Waals surface area contributed by atoms with Crippen LogP contribution in [0.3, 0.4) is 0 Å². The van der Waals surface area contributed by atoms with Crippen molar-refractivity contribution in [1.29, 1.82) is 0 Å². The third-order valence-corrected chi connectivity index (χ3v) is 6.37. The molecular weight excluding hydrogens is 448 g/mol. The second kappa shape index (κ2) is 12.3. The lowest BCUT2D eigenvalue weighted by Crippen LogP contribution is -2.51. The molecule has 0 aromatic carbocycles. The van der Waals surface area contributed by atoms with E-state index in [4.69, 9.17) is 9.47 Å². The first-order valence-electron chi connectivity index (χ1n) is 12.3. The summed E-state index contributed by atoms with van der Waals surface area (Å²) in [6.45, 7) is 11.5. The molecule has 0 saturated carbocycles. The van der Waals surface area contributed by atoms with Gasteiger partial charge in [-0.1, -0.05) is 32.6 Å². The Morgan fingerprint density at radius 3 is 2.69 bits per heavy atom. The largest absolute Gasteiger partial charge is 0.472 e. The van der Waals surface area contributed by atoms with Gasteiger partial charge in [0.15, 0.2) is 0 Å². The predicted octanol–water partition coefficient (Wildman–Crippen LogP) is 1.10. The van der Waals surface area contributed by atoms with Crippen molar-refractivity contribution < 1.29 is 24.2 Å². The summed E-state index contributed by atoms with van der Waals surface area (Å²) in [6.07, 6.45) is 1.23. The molecule has 1 fully saturated rings. The average Bonchev–Trinajstić information content (AvgIpc) is 2.84. The Morgan fingerprint density at radius 1 is 1.31 bits per heavy atom. The van der Waals surface area contributed by atoms with Gasteiger partial charge in [0.2, 0.25) is 11.8 Å². The van der Waals surface area contributed by atoms with E-state index in [0.717, 1.165) is 13.1 Å². The molecule has 0 unspecified atom stereocenters. The van der Waals surface area contributed by atoms with E-state index in [2.05, 4.69) is 21.7 Å². The number of rotatable bonds is 6. The van der Waals surface area contributed by atoms with Crippen LogP contribution < -0.4 is 4.74 Å². The summed E-state index contributed by atoms with van der Waals surface area (Å²) in [5.74, 6) is 6.23. The van der Waals surface area contributed by atoms with Crippen LogP contribution in [0.2, 0.25) is 0 Å². The molecule has 1 N–H and O–H groups in total. The third kappa shape index (κ3) is 7.17. The van der Waals surface area contributed by atoms with E-state index in [9.17, 15) is 14.7 Å². The minimum atomic E-state index is -0.381. The Balaban J connectivity index is 1.85. The molecule has 0 bridgehead atoms. The zero-order valence-corrected chi connectivity index (χ0v) is 21.5. The number of pyridine rings is 1. The maximum Gasteiger partial charge on any atom is 0.259 e. The van der Waals surface area contributed by atoms with Crippen LogP contribution in [-0.2, 0) is 9.53 Å². The van der Waals surface area contributed by atoms with Gasteiger partial charge in [0, 0.05) is 50.3 Å². The normalized spacial score (nSPS) is 21.8. The van der Waals surface area contributed by atoms with Gasteiger partial charge in [0.25, 0.3) is 5.91 Å². The molecule has 1 aromatic rings. The summed E-state index contributed by atoms with van der Waals surface area (Å²) in [6, 6.07) is 1.33. The summed E-state index contributed by atoms with van der Waals surface area (Å²) in [5, 5.41) is 9.81. The second-order valence-corrected chi connectivity index (χ2v) is 9.79. The molecule has 0 radical (unpaired) electrons. The first kappa shape index (κ1) is 26.9. The van der Waals surface area contributed by atoms with Crippen molar-refractivity contribution in [3.05, 3.63) is 23.4 Å². The van der Waals surface area contributed by atoms with Crippen LogP contribution in [0.5, 0.6) is 5.88 Å². The molecule has 2 aliphatic heterocycles. The number of carbonyl (C=O) groups excluding carboxylic acids is 2. The fourth-order valence-corrected chi connectivity index (χ4v) is 4.06. The van der Waals surface area contributed by atoms with E-state index >= 15 is 0 Å². The molecule has 0 spiro atoms. The van der Waals surface area contributed by atoms with Crippen molar-refractivity contribution >= 4 is 11.8 Å². The highest BCUT2D eigenvalue weighted by atomic mass is 16.5. The molecule has 3 rings (SSSR count). The number of nitrogens with zero attached hydrogens (tertiary/aromatic N) is 4. The van der Waals surface area contributed by atoms with Crippen LogP contribution in [0.4, 0.5) is 0 Å². The van der Waals surface area contributed by atoms with Gasteiger partial charge in [-0.25, -0.2) is 4.98 Å². The van der Waals surface area contributed by atoms with Crippen molar-refractivity contribution in [3.63, 3.8) is 0 Å². The lowest BCUT2D eigenvalue weighted by Gasteiger charge is -2.38. The molecule has 9 nitrogen and oxygen atoms in total. The Bertz CT molecular complexity index is 951. The van der Waals surface area contributed by atoms with Crippen LogP contribution in [0.1, 0.15) is 43.6 Å². The molecule has 3 heterocycles. The number of hydrogen-bond acceptors (Lipinski definition) is 7. The smallest absolute Gasteiger partial charge is 0.259 e. The number of amides is 2. The second-order valence-electron chi connectivity index (χ2n) is 9.79. The Morgan fingerprint density at radius 2 is 2.03 bits per heavy atom. The number of ether oxygens (including phenoxy) is 2. The molecule has 1 saturated heterocycles. The molecule has 192 valence electrons. The van der Waals surface area contributed by atoms with Gasteiger partial charge in [-0.05, 0) is 13.0 Å². The first-order valence-corrected chi connectivity index (χ1v) is 12.3. The number of aliphatic hydroxyl groups excluding tert-OH is 1. The SMILES string of the molecule is CC(C)C#Cc1cnc2c(c1)C(=O)N([C@@H](C)CO)C[C@H](C)[C@@H](CN(C)C(=O)CN1CCOCC1)O2. The molecule has 2 aliphatic rings. The van der Waals surface area contributed by atoms with E-state index < -0.39 is 0 Å². The topological polar surface area (TPSA) is 95.4 Å². The lowest BCUT2D eigenvalue weighted by molar-refractivity contribution is -0.133. The summed E-state index contributed by atoms with van der Waals surface area (Å²) in [5.41, 5.74) is 0.953. The minimum absolute atomic E-state index is 0.00825. The van der Waals surface area contributed by atoms with E-state index in [1.165, 1.54) is 0 Å². The Labute approximate surface area is 208 Å². The lowest BCUT2D eigenvalue weighted by atomic mass is 10.00. The third-order valence-electron chi connectivity index (χ3n) is 6.37. The monoisotopic (exact) mass is 486 g/mol. The Hall–Kier alpha value is -2.67. The van der Waals surface area contributed by atoms with E-state index in [0.29, 0.717) is 44.0 Å². The van der Waals surface area contributed by atoms with Crippen LogP contribution >= 0.6 is 0 Å². The molecular formula is C26H38N4O5. The zero-order chi connectivity index (χ0) is 25.5. The summed E-state index contributed by atoms with van der Waals surface area (Å²) >= 11 is 0. The summed E-state index contributed by atoms with van der Waals surface area (Å²) < 4.78 is 11.6. The van der Waals surface area contributed by atoms with Gasteiger partial charge in [-0.3, -0.25) is 14.5 Å². The minimum Gasteiger partial charge on any atom is -0.472 e. The fourth-order valence-electron chi connectivity index (χ4n) is 4.06. The highest BCUT2D eigenvalue weighted by molar-refractivity contribution is 5.97. The van der Waals surface area contributed by atoms with Gasteiger partial charge in [0.1, 0.15) is 11.7 Å². The van der Waals surface area contributed by atoms with Gasteiger partial charge in [-0.2, -0.15) is 0 Å². The van der Waals surface area contributed by atoms with Crippen molar-refractivity contribution in [1.82, 2.24) is 19.7 Å². The highest BCUT2D eigenvalue weighted by Crippen LogP contribution is 2.27. The van der Waals surface area contributed by atoms with Crippen molar-refractivity contribution in [2.75, 3.05) is 59.6 Å². The van der Waals surface area contributed by atoms with E-state index in [1.54, 1.807) is 29.1 Å². The number of carbonyl (C=O) groups is 2. The number of aromatic nitrogens is 1. The van der Waals surface area contributed by atoms with Crippen molar-refractivity contribution in [3.8, 4) is 17.7 Å². The zero-order valence-electron chi connectivity index (χ0n) is 21.5. The molecule has 9 heteroatoms. The maximum atomic E-state index is 13.5. The van der Waals surface area contributed by atoms with Crippen molar-refractivity contribution in [2.24, 2.45) is 11.8 Å². The number of hydrogen-bond donors (Lipinski definition) is 1. The standard InChI is InChI=1S/C26H38N4O5/c1-18(2)6-7-21-12-22-25(27-13-21)35-23(19(3)14-30(26(22)33)20(4)17-31)15-28(5)24(32)16-29-8-10-34-11-9-29/h12-13,18-20,23,31H,8-11,14-17H2,1-5H3/t19-,20-,23+/m0/s1. The number of fused-ring (bicyclic) bond motifs is 1. The van der Waals surface area contributed by atoms with Crippen LogP contribution in [0, 0.1) is 23.7 Å². The maximum absolute atomic E-state index is 13.5. The van der Waals surface area contributed by atoms with E-state index in [1.807, 2.05) is 27.7 Å². The van der Waals surface area contributed by atoms with Gasteiger partial charge in [-0.15, -0.1) is 0 Å². The summed E-state index contributed by atoms with van der Waals surface area (Å²) in [4.78, 5) is 36.2. The molecule has 2 amide bonds. The molecule has 0 aliphatic carbocycles. The molecule has 1 aromatic heterocycles. The van der Waals surface area contributed by atoms with E-state index in [-0.39, 0.29) is 48.3 Å². The van der Waals surface area contributed by atoms with Crippen LogP contribution in [-0.4, -0.2) is 108 Å². The number of likely N-dealkylation sites (N-methyl/N-ethyl adjacent to an activating group) is 1. The summed E-state index contributed by atoms with van der Waals surface area (Å²) in [7, 11) is 1.77. The quantitative estimate of drug-likeness (QED) is 0.602. The molecule has 3 atom stereocenters. The number of morpholine rings is 1. The molecule has 35 heavy (non-hydrogen) atoms. The van der Waals surface area contributed by atoms with Crippen LogP contribution in [0.25, 0.3) is 0 Å². The highest BCUT2D eigenvalue weighted by Gasteiger charge is 2.34. The van der Waals surface area contributed by atoms with Crippen molar-refractivity contribution in [2.45, 2.75) is 39.8 Å². The fraction of sp³-hybridized carbons (Fsp3) is 0.654. The van der Waals surface area contributed by atoms with Gasteiger partial charge < -0.3 is 24.4 Å². The number of aliphatic hydroxyl groups is 1. The van der Waals surface area contributed by atoms with Gasteiger partial charge in [0.05, 0.1) is 39.0 Å². The average molecular weight is 487 g/mol. The first-order chi connectivity index (χ1) is 16.7. The van der Waals surface area contributed by atoms with Crippen LogP contribution in [0.15, 0.2) is 12.3 Å². The van der Waals surface area contributed by atoms with Gasteiger partial charge >= 0.3 is 0 Å².